The van der Waals surface area contributed by atoms with Crippen LogP contribution in [0.15, 0.2) is 24.3 Å². The van der Waals surface area contributed by atoms with Crippen LogP contribution in [0.25, 0.3) is 0 Å². The quantitative estimate of drug-likeness (QED) is 0.910. The first-order chi connectivity index (χ1) is 9.72. The fourth-order valence-corrected chi connectivity index (χ4v) is 2.56. The maximum absolute atomic E-state index is 12.7. The van der Waals surface area contributed by atoms with Crippen molar-refractivity contribution in [2.45, 2.75) is 25.9 Å². The van der Waals surface area contributed by atoms with Crippen LogP contribution in [0.3, 0.4) is 0 Å². The average Bonchev–Trinajstić information content (AvgIpc) is 2.69. The Morgan fingerprint density at radius 2 is 2.25 bits per heavy atom. The van der Waals surface area contributed by atoms with Crippen molar-refractivity contribution in [2.24, 2.45) is 0 Å². The highest BCUT2D eigenvalue weighted by Crippen LogP contribution is 2.15. The van der Waals surface area contributed by atoms with Gasteiger partial charge in [0.05, 0.1) is 6.10 Å². The van der Waals surface area contributed by atoms with E-state index in [4.69, 9.17) is 4.74 Å². The zero-order valence-electron chi connectivity index (χ0n) is 12.4. The Bertz CT molecular complexity index is 448. The molecule has 1 saturated heterocycles. The number of nitrogens with zero attached hydrogens (tertiary/aromatic N) is 1. The predicted molar refractivity (Wildman–Crippen MR) is 80.0 cm³/mol. The molecule has 4 nitrogen and oxygen atoms in total. The highest BCUT2D eigenvalue weighted by molar-refractivity contribution is 5.95. The van der Waals surface area contributed by atoms with E-state index in [1.165, 1.54) is 0 Å². The summed E-state index contributed by atoms with van der Waals surface area (Å²) in [6.07, 6.45) is 1.90. The molecule has 1 aliphatic heterocycles. The van der Waals surface area contributed by atoms with E-state index >= 15 is 0 Å². The molecular formula is C16H24N2O2. The Kier molecular flexibility index (Phi) is 5.56. The maximum atomic E-state index is 12.7. The van der Waals surface area contributed by atoms with Crippen LogP contribution in [0.2, 0.25) is 0 Å². The number of likely N-dealkylation sites (N-methyl/N-ethyl adjacent to an activating group) is 1. The lowest BCUT2D eigenvalue weighted by Crippen LogP contribution is -2.36. The molecule has 1 N–H and O–H groups in total. The van der Waals surface area contributed by atoms with E-state index < -0.39 is 0 Å². The number of carbonyl (C=O) groups excluding carboxylic acids is 1. The number of hydrogen-bond donors (Lipinski definition) is 1. The molecule has 0 aromatic heterocycles. The molecule has 1 atom stereocenters. The SMILES string of the molecule is CNCCc1ccccc1C(=O)N1CCCOC(C)C1. The predicted octanol–water partition coefficient (Wildman–Crippen LogP) is 1.70. The molecule has 2 rings (SSSR count). The number of rotatable bonds is 4. The van der Waals surface area contributed by atoms with Crippen molar-refractivity contribution in [3.8, 4) is 0 Å². The van der Waals surface area contributed by atoms with Crippen molar-refractivity contribution in [3.05, 3.63) is 35.4 Å². The van der Waals surface area contributed by atoms with Gasteiger partial charge in [-0.25, -0.2) is 0 Å². The molecule has 20 heavy (non-hydrogen) atoms. The Hall–Kier alpha value is -1.39. The van der Waals surface area contributed by atoms with Gasteiger partial charge in [0, 0.05) is 25.3 Å². The van der Waals surface area contributed by atoms with Crippen LogP contribution in [0, 0.1) is 0 Å². The van der Waals surface area contributed by atoms with Crippen molar-refractivity contribution in [1.29, 1.82) is 0 Å². The standard InChI is InChI=1S/C16H24N2O2/c1-13-12-18(10-5-11-20-13)16(19)15-7-4-3-6-14(15)8-9-17-2/h3-4,6-7,13,17H,5,8-12H2,1-2H3. The fraction of sp³-hybridized carbons (Fsp3) is 0.562. The lowest BCUT2D eigenvalue weighted by atomic mass is 10.0. The van der Waals surface area contributed by atoms with Gasteiger partial charge in [0.25, 0.3) is 5.91 Å². The highest BCUT2D eigenvalue weighted by atomic mass is 16.5. The zero-order valence-corrected chi connectivity index (χ0v) is 12.4. The summed E-state index contributed by atoms with van der Waals surface area (Å²) in [4.78, 5) is 14.7. The van der Waals surface area contributed by atoms with Gasteiger partial charge in [0.15, 0.2) is 0 Å². The van der Waals surface area contributed by atoms with Gasteiger partial charge in [-0.3, -0.25) is 4.79 Å². The first kappa shape index (κ1) is 15.0. The van der Waals surface area contributed by atoms with Crippen LogP contribution < -0.4 is 5.32 Å². The normalized spacial score (nSPS) is 19.7. The van der Waals surface area contributed by atoms with E-state index in [0.29, 0.717) is 6.54 Å². The molecule has 1 heterocycles. The second-order valence-electron chi connectivity index (χ2n) is 5.30. The van der Waals surface area contributed by atoms with Gasteiger partial charge in [0.2, 0.25) is 0 Å². The number of amides is 1. The van der Waals surface area contributed by atoms with Crippen LogP contribution in [0.4, 0.5) is 0 Å². The lowest BCUT2D eigenvalue weighted by molar-refractivity contribution is 0.0562. The van der Waals surface area contributed by atoms with Crippen LogP contribution in [-0.4, -0.2) is 50.2 Å². The lowest BCUT2D eigenvalue weighted by Gasteiger charge is -2.23. The molecule has 0 spiro atoms. The molecule has 1 unspecified atom stereocenters. The summed E-state index contributed by atoms with van der Waals surface area (Å²) in [5.41, 5.74) is 1.95. The van der Waals surface area contributed by atoms with Crippen molar-refractivity contribution in [3.63, 3.8) is 0 Å². The summed E-state index contributed by atoms with van der Waals surface area (Å²) in [5, 5.41) is 3.13. The maximum Gasteiger partial charge on any atom is 0.254 e. The van der Waals surface area contributed by atoms with Gasteiger partial charge < -0.3 is 15.0 Å². The second kappa shape index (κ2) is 7.41. The van der Waals surface area contributed by atoms with Gasteiger partial charge in [-0.2, -0.15) is 0 Å². The minimum absolute atomic E-state index is 0.117. The highest BCUT2D eigenvalue weighted by Gasteiger charge is 2.22. The van der Waals surface area contributed by atoms with Gasteiger partial charge in [0.1, 0.15) is 0 Å². The smallest absolute Gasteiger partial charge is 0.254 e. The van der Waals surface area contributed by atoms with E-state index in [1.54, 1.807) is 0 Å². The molecule has 1 fully saturated rings. The van der Waals surface area contributed by atoms with Crippen LogP contribution >= 0.6 is 0 Å². The molecule has 1 aliphatic rings. The van der Waals surface area contributed by atoms with Crippen LogP contribution in [-0.2, 0) is 11.2 Å². The van der Waals surface area contributed by atoms with E-state index in [1.807, 2.05) is 43.1 Å². The van der Waals surface area contributed by atoms with E-state index in [2.05, 4.69) is 5.32 Å². The van der Waals surface area contributed by atoms with Gasteiger partial charge >= 0.3 is 0 Å². The molecule has 4 heteroatoms. The Morgan fingerprint density at radius 1 is 1.45 bits per heavy atom. The van der Waals surface area contributed by atoms with Crippen LogP contribution in [0.1, 0.15) is 29.3 Å². The van der Waals surface area contributed by atoms with Crippen molar-refractivity contribution in [1.82, 2.24) is 10.2 Å². The minimum atomic E-state index is 0.117. The molecular weight excluding hydrogens is 252 g/mol. The number of ether oxygens (including phenoxy) is 1. The summed E-state index contributed by atoms with van der Waals surface area (Å²) in [5.74, 6) is 0.133. The molecule has 0 aliphatic carbocycles. The van der Waals surface area contributed by atoms with Gasteiger partial charge in [-0.05, 0) is 45.0 Å². The van der Waals surface area contributed by atoms with Gasteiger partial charge in [-0.15, -0.1) is 0 Å². The second-order valence-corrected chi connectivity index (χ2v) is 5.30. The van der Waals surface area contributed by atoms with E-state index in [-0.39, 0.29) is 12.0 Å². The topological polar surface area (TPSA) is 41.6 Å². The number of benzene rings is 1. The average molecular weight is 276 g/mol. The molecule has 110 valence electrons. The monoisotopic (exact) mass is 276 g/mol. The zero-order chi connectivity index (χ0) is 14.4. The van der Waals surface area contributed by atoms with E-state index in [9.17, 15) is 4.79 Å². The third-order valence-electron chi connectivity index (χ3n) is 3.63. The van der Waals surface area contributed by atoms with Gasteiger partial charge in [-0.1, -0.05) is 18.2 Å². The van der Waals surface area contributed by atoms with Crippen molar-refractivity contribution < 1.29 is 9.53 Å². The van der Waals surface area contributed by atoms with E-state index in [0.717, 1.165) is 43.7 Å². The first-order valence-electron chi connectivity index (χ1n) is 7.35. The number of hydrogen-bond acceptors (Lipinski definition) is 3. The first-order valence-corrected chi connectivity index (χ1v) is 7.35. The molecule has 1 amide bonds. The van der Waals surface area contributed by atoms with Crippen molar-refractivity contribution in [2.75, 3.05) is 33.3 Å². The Balaban J connectivity index is 2.15. The number of carbonyl (C=O) groups is 1. The Morgan fingerprint density at radius 3 is 3.05 bits per heavy atom. The largest absolute Gasteiger partial charge is 0.377 e. The summed E-state index contributed by atoms with van der Waals surface area (Å²) in [6.45, 7) is 5.11. The third-order valence-corrected chi connectivity index (χ3v) is 3.63. The summed E-state index contributed by atoms with van der Waals surface area (Å²) in [7, 11) is 1.93. The molecule has 1 aromatic carbocycles. The summed E-state index contributed by atoms with van der Waals surface area (Å²) >= 11 is 0. The molecule has 0 saturated carbocycles. The van der Waals surface area contributed by atoms with Crippen molar-refractivity contribution >= 4 is 5.91 Å². The van der Waals surface area contributed by atoms with Crippen LogP contribution in [0.5, 0.6) is 0 Å². The summed E-state index contributed by atoms with van der Waals surface area (Å²) < 4.78 is 5.61. The fourth-order valence-electron chi connectivity index (χ4n) is 2.56. The third kappa shape index (κ3) is 3.81. The Labute approximate surface area is 121 Å². The summed E-state index contributed by atoms with van der Waals surface area (Å²) in [6, 6.07) is 7.91. The molecule has 0 bridgehead atoms. The molecule has 1 aromatic rings. The molecule has 0 radical (unpaired) electrons. The minimum Gasteiger partial charge on any atom is -0.377 e. The number of nitrogens with one attached hydrogen (secondary N) is 1.